The van der Waals surface area contributed by atoms with Gasteiger partial charge in [-0.2, -0.15) is 4.31 Å². The van der Waals surface area contributed by atoms with Crippen LogP contribution in [-0.4, -0.2) is 65.7 Å². The Morgan fingerprint density at radius 2 is 1.84 bits per heavy atom. The summed E-state index contributed by atoms with van der Waals surface area (Å²) in [6.45, 7) is 1.17. The molecule has 0 radical (unpaired) electrons. The number of thioether (sulfide) groups is 1. The summed E-state index contributed by atoms with van der Waals surface area (Å²) in [5.41, 5.74) is 0.813. The number of carbonyl (C=O) groups excluding carboxylic acids is 1. The van der Waals surface area contributed by atoms with E-state index in [2.05, 4.69) is 10.2 Å². The Morgan fingerprint density at radius 1 is 1.06 bits per heavy atom. The first-order valence-electron chi connectivity index (χ1n) is 9.52. The van der Waals surface area contributed by atoms with E-state index >= 15 is 0 Å². The molecular weight excluding hydrogens is 440 g/mol. The lowest BCUT2D eigenvalue weighted by Gasteiger charge is -2.33. The van der Waals surface area contributed by atoms with Crippen molar-refractivity contribution in [2.45, 2.75) is 5.22 Å². The molecule has 0 spiro atoms. The number of carbonyl (C=O) groups is 1. The van der Waals surface area contributed by atoms with Crippen molar-refractivity contribution in [3.63, 3.8) is 0 Å². The predicted octanol–water partition coefficient (Wildman–Crippen LogP) is 2.57. The van der Waals surface area contributed by atoms with Gasteiger partial charge in [0.2, 0.25) is 15.9 Å². The van der Waals surface area contributed by atoms with Crippen molar-refractivity contribution in [2.24, 2.45) is 0 Å². The number of piperazine rings is 1. The molecule has 4 rings (SSSR count). The lowest BCUT2D eigenvalue weighted by molar-refractivity contribution is -0.129. The van der Waals surface area contributed by atoms with Crippen molar-refractivity contribution in [1.82, 2.24) is 19.4 Å². The third-order valence-electron chi connectivity index (χ3n) is 4.64. The molecule has 11 heteroatoms. The zero-order valence-corrected chi connectivity index (χ0v) is 18.1. The van der Waals surface area contributed by atoms with Gasteiger partial charge in [-0.1, -0.05) is 42.1 Å². The molecule has 1 amide bonds. The molecule has 1 fully saturated rings. The molecule has 0 aliphatic carbocycles. The minimum atomic E-state index is -3.54. The first-order valence-corrected chi connectivity index (χ1v) is 12.0. The Bertz CT molecular complexity index is 1140. The Balaban J connectivity index is 1.26. The van der Waals surface area contributed by atoms with Crippen LogP contribution in [0.1, 0.15) is 5.56 Å². The summed E-state index contributed by atoms with van der Waals surface area (Å²) in [6.07, 6.45) is 3.08. The van der Waals surface area contributed by atoms with Gasteiger partial charge in [-0.3, -0.25) is 4.79 Å². The van der Waals surface area contributed by atoms with Gasteiger partial charge in [0.25, 0.3) is 11.1 Å². The summed E-state index contributed by atoms with van der Waals surface area (Å²) in [5, 5.41) is 9.27. The maximum atomic E-state index is 12.5. The molecule has 1 saturated heterocycles. The molecule has 1 aliphatic heterocycles. The van der Waals surface area contributed by atoms with E-state index in [1.165, 1.54) is 16.0 Å². The summed E-state index contributed by atoms with van der Waals surface area (Å²) >= 11 is 1.14. The van der Waals surface area contributed by atoms with E-state index in [1.807, 2.05) is 30.3 Å². The molecule has 0 unspecified atom stereocenters. The van der Waals surface area contributed by atoms with E-state index in [4.69, 9.17) is 8.83 Å². The lowest BCUT2D eigenvalue weighted by atomic mass is 10.2. The monoisotopic (exact) mass is 460 g/mol. The molecule has 0 bridgehead atoms. The van der Waals surface area contributed by atoms with Gasteiger partial charge in [0.15, 0.2) is 5.76 Å². The highest BCUT2D eigenvalue weighted by atomic mass is 32.2. The maximum Gasteiger partial charge on any atom is 0.284 e. The van der Waals surface area contributed by atoms with Gasteiger partial charge in [-0.15, -0.1) is 10.2 Å². The zero-order chi connectivity index (χ0) is 21.7. The van der Waals surface area contributed by atoms with Crippen LogP contribution in [0.2, 0.25) is 0 Å². The van der Waals surface area contributed by atoms with Crippen LogP contribution < -0.4 is 0 Å². The van der Waals surface area contributed by atoms with Crippen molar-refractivity contribution in [1.29, 1.82) is 0 Å². The molecule has 1 aromatic carbocycles. The Morgan fingerprint density at radius 3 is 2.55 bits per heavy atom. The summed E-state index contributed by atoms with van der Waals surface area (Å²) in [4.78, 5) is 14.1. The minimum absolute atomic E-state index is 0.111. The van der Waals surface area contributed by atoms with Crippen molar-refractivity contribution in [3.8, 4) is 11.7 Å². The molecule has 31 heavy (non-hydrogen) atoms. The second-order valence-corrected chi connectivity index (χ2v) is 9.42. The number of furan rings is 1. The lowest BCUT2D eigenvalue weighted by Crippen LogP contribution is -2.50. The highest BCUT2D eigenvalue weighted by Gasteiger charge is 2.27. The molecule has 1 aliphatic rings. The Kier molecular flexibility index (Phi) is 6.54. The first-order chi connectivity index (χ1) is 15.0. The number of aromatic nitrogens is 2. The van der Waals surface area contributed by atoms with E-state index in [0.717, 1.165) is 17.3 Å². The average molecular weight is 461 g/mol. The van der Waals surface area contributed by atoms with Crippen LogP contribution in [-0.2, 0) is 14.8 Å². The van der Waals surface area contributed by atoms with Gasteiger partial charge in [0.1, 0.15) is 0 Å². The van der Waals surface area contributed by atoms with Crippen LogP contribution in [0, 0.1) is 0 Å². The van der Waals surface area contributed by atoms with Crippen LogP contribution in [0.4, 0.5) is 0 Å². The van der Waals surface area contributed by atoms with Crippen LogP contribution in [0.5, 0.6) is 0 Å². The number of amides is 1. The largest absolute Gasteiger partial charge is 0.459 e. The molecule has 0 N–H and O–H groups in total. The number of hydrogen-bond acceptors (Lipinski definition) is 8. The Labute approximate surface area is 183 Å². The molecular formula is C20H20N4O5S2. The fourth-order valence-electron chi connectivity index (χ4n) is 2.99. The number of rotatable bonds is 7. The van der Waals surface area contributed by atoms with Crippen LogP contribution >= 0.6 is 11.8 Å². The topological polar surface area (TPSA) is 110 Å². The fourth-order valence-corrected chi connectivity index (χ4v) is 4.83. The van der Waals surface area contributed by atoms with E-state index in [-0.39, 0.29) is 35.9 Å². The second-order valence-electron chi connectivity index (χ2n) is 6.68. The maximum absolute atomic E-state index is 12.5. The van der Waals surface area contributed by atoms with Gasteiger partial charge in [-0.25, -0.2) is 8.42 Å². The SMILES string of the molecule is O=C(CSc1nnc(-c2ccco2)o1)N1CCN(S(=O)(=O)C=Cc2ccccc2)CC1. The second kappa shape index (κ2) is 9.50. The standard InChI is InChI=1S/C20H20N4O5S2/c25-18(15-30-20-22-21-19(29-20)17-7-4-13-28-17)23-9-11-24(12-10-23)31(26,27)14-8-16-5-2-1-3-6-16/h1-8,13-14H,9-12,15H2. The van der Waals surface area contributed by atoms with Gasteiger partial charge >= 0.3 is 0 Å². The number of sulfonamides is 1. The number of hydrogen-bond donors (Lipinski definition) is 0. The molecule has 3 heterocycles. The van der Waals surface area contributed by atoms with Crippen molar-refractivity contribution < 1.29 is 22.0 Å². The quantitative estimate of drug-likeness (QED) is 0.495. The van der Waals surface area contributed by atoms with Crippen molar-refractivity contribution >= 4 is 33.8 Å². The van der Waals surface area contributed by atoms with Crippen molar-refractivity contribution in [2.75, 3.05) is 31.9 Å². The van der Waals surface area contributed by atoms with Gasteiger partial charge in [0, 0.05) is 31.6 Å². The van der Waals surface area contributed by atoms with Gasteiger partial charge in [0.05, 0.1) is 12.0 Å². The normalized spacial score (nSPS) is 15.5. The third-order valence-corrected chi connectivity index (χ3v) is 7.01. The molecule has 9 nitrogen and oxygen atoms in total. The first kappa shape index (κ1) is 21.3. The van der Waals surface area contributed by atoms with Crippen LogP contribution in [0.15, 0.2) is 68.2 Å². The third kappa shape index (κ3) is 5.43. The summed E-state index contributed by atoms with van der Waals surface area (Å²) in [6, 6.07) is 12.7. The van der Waals surface area contributed by atoms with E-state index in [9.17, 15) is 13.2 Å². The summed E-state index contributed by atoms with van der Waals surface area (Å²) in [7, 11) is -3.54. The number of benzene rings is 1. The minimum Gasteiger partial charge on any atom is -0.459 e. The van der Waals surface area contributed by atoms with Gasteiger partial charge < -0.3 is 13.7 Å². The highest BCUT2D eigenvalue weighted by Crippen LogP contribution is 2.23. The molecule has 0 saturated carbocycles. The predicted molar refractivity (Wildman–Crippen MR) is 115 cm³/mol. The van der Waals surface area contributed by atoms with Gasteiger partial charge in [-0.05, 0) is 23.8 Å². The molecule has 0 atom stereocenters. The molecule has 162 valence electrons. The summed E-state index contributed by atoms with van der Waals surface area (Å²) in [5.74, 6) is 0.728. The van der Waals surface area contributed by atoms with E-state index in [0.29, 0.717) is 18.8 Å². The Hall–Kier alpha value is -2.89. The zero-order valence-electron chi connectivity index (χ0n) is 16.5. The average Bonchev–Trinajstić information content (AvgIpc) is 3.49. The van der Waals surface area contributed by atoms with Crippen LogP contribution in [0.25, 0.3) is 17.7 Å². The summed E-state index contributed by atoms with van der Waals surface area (Å²) < 4.78 is 37.1. The molecule has 2 aromatic heterocycles. The van der Waals surface area contributed by atoms with E-state index in [1.54, 1.807) is 23.1 Å². The van der Waals surface area contributed by atoms with Crippen LogP contribution in [0.3, 0.4) is 0 Å². The smallest absolute Gasteiger partial charge is 0.284 e. The highest BCUT2D eigenvalue weighted by molar-refractivity contribution is 7.99. The molecule has 3 aromatic rings. The number of nitrogens with zero attached hydrogens (tertiary/aromatic N) is 4. The fraction of sp³-hybridized carbons (Fsp3) is 0.250. The van der Waals surface area contributed by atoms with Crippen molar-refractivity contribution in [3.05, 3.63) is 59.7 Å². The van der Waals surface area contributed by atoms with E-state index < -0.39 is 10.0 Å².